The van der Waals surface area contributed by atoms with Crippen LogP contribution in [-0.2, 0) is 4.79 Å². The van der Waals surface area contributed by atoms with Crippen LogP contribution >= 0.6 is 0 Å². The smallest absolute Gasteiger partial charge is 0.224 e. The number of rotatable bonds is 8. The maximum absolute atomic E-state index is 11.9. The summed E-state index contributed by atoms with van der Waals surface area (Å²) >= 11 is 0. The molecule has 0 aliphatic heterocycles. The first-order chi connectivity index (χ1) is 9.49. The second-order valence-electron chi connectivity index (χ2n) is 5.66. The van der Waals surface area contributed by atoms with Gasteiger partial charge in [-0.1, -0.05) is 26.0 Å². The number of benzene rings is 1. The molecule has 0 aliphatic carbocycles. The van der Waals surface area contributed by atoms with Crippen LogP contribution in [0.2, 0.25) is 0 Å². The highest BCUT2D eigenvalue weighted by Crippen LogP contribution is 2.24. The number of amides is 1. The summed E-state index contributed by atoms with van der Waals surface area (Å²) < 4.78 is 5.72. The van der Waals surface area contributed by atoms with E-state index in [4.69, 9.17) is 4.74 Å². The molecule has 112 valence electrons. The van der Waals surface area contributed by atoms with Crippen LogP contribution in [0.5, 0.6) is 5.75 Å². The van der Waals surface area contributed by atoms with Crippen molar-refractivity contribution >= 4 is 11.6 Å². The highest BCUT2D eigenvalue weighted by Gasteiger charge is 2.08. The zero-order chi connectivity index (χ0) is 15.0. The molecular formula is C16H26N2O2. The third kappa shape index (κ3) is 6.57. The Morgan fingerprint density at radius 1 is 1.30 bits per heavy atom. The molecule has 4 heteroatoms. The van der Waals surface area contributed by atoms with Gasteiger partial charge in [-0.3, -0.25) is 4.79 Å². The molecule has 1 N–H and O–H groups in total. The predicted molar refractivity (Wildman–Crippen MR) is 83.2 cm³/mol. The standard InChI is InChI=1S/C16H26N2O2/c1-13(2)12-20-15-9-6-5-8-14(15)17-16(19)10-7-11-18(3)4/h5-6,8-9,13H,7,10-12H2,1-4H3,(H,17,19). The number of carbonyl (C=O) groups is 1. The van der Waals surface area contributed by atoms with Gasteiger partial charge in [0.05, 0.1) is 12.3 Å². The van der Waals surface area contributed by atoms with Crippen LogP contribution in [0.15, 0.2) is 24.3 Å². The Bertz CT molecular complexity index is 417. The van der Waals surface area contributed by atoms with Gasteiger partial charge in [-0.15, -0.1) is 0 Å². The lowest BCUT2D eigenvalue weighted by Gasteiger charge is -2.14. The Balaban J connectivity index is 2.51. The van der Waals surface area contributed by atoms with Crippen LogP contribution in [-0.4, -0.2) is 38.1 Å². The summed E-state index contributed by atoms with van der Waals surface area (Å²) in [5, 5.41) is 2.93. The molecule has 0 bridgehead atoms. The Labute approximate surface area is 122 Å². The topological polar surface area (TPSA) is 41.6 Å². The van der Waals surface area contributed by atoms with Gasteiger partial charge in [0.25, 0.3) is 0 Å². The van der Waals surface area contributed by atoms with E-state index in [0.717, 1.165) is 24.4 Å². The number of anilines is 1. The summed E-state index contributed by atoms with van der Waals surface area (Å²) in [4.78, 5) is 14.0. The normalized spacial score (nSPS) is 10.9. The fourth-order valence-corrected chi connectivity index (χ4v) is 1.72. The summed E-state index contributed by atoms with van der Waals surface area (Å²) in [7, 11) is 4.01. The molecule has 0 heterocycles. The molecule has 0 aromatic heterocycles. The molecule has 0 spiro atoms. The maximum atomic E-state index is 11.9. The van der Waals surface area contributed by atoms with Crippen LogP contribution in [0.4, 0.5) is 5.69 Å². The lowest BCUT2D eigenvalue weighted by Crippen LogP contribution is -2.17. The van der Waals surface area contributed by atoms with Gasteiger partial charge in [0.15, 0.2) is 0 Å². The van der Waals surface area contributed by atoms with Crippen LogP contribution in [0, 0.1) is 5.92 Å². The van der Waals surface area contributed by atoms with Crippen molar-refractivity contribution in [1.82, 2.24) is 4.90 Å². The predicted octanol–water partition coefficient (Wildman–Crippen LogP) is 3.00. The summed E-state index contributed by atoms with van der Waals surface area (Å²) in [6.07, 6.45) is 1.38. The van der Waals surface area contributed by atoms with Crippen LogP contribution < -0.4 is 10.1 Å². The first-order valence-corrected chi connectivity index (χ1v) is 7.15. The molecule has 1 aromatic carbocycles. The molecule has 4 nitrogen and oxygen atoms in total. The van der Waals surface area contributed by atoms with Crippen LogP contribution in [0.25, 0.3) is 0 Å². The number of para-hydroxylation sites is 2. The maximum Gasteiger partial charge on any atom is 0.224 e. The Hall–Kier alpha value is -1.55. The number of nitrogens with zero attached hydrogens (tertiary/aromatic N) is 1. The SMILES string of the molecule is CC(C)COc1ccccc1NC(=O)CCCN(C)C. The fraction of sp³-hybridized carbons (Fsp3) is 0.562. The van der Waals surface area contributed by atoms with Crippen molar-refractivity contribution in [1.29, 1.82) is 0 Å². The number of nitrogens with one attached hydrogen (secondary N) is 1. The first kappa shape index (κ1) is 16.5. The zero-order valence-electron chi connectivity index (χ0n) is 13.0. The molecule has 0 saturated heterocycles. The highest BCUT2D eigenvalue weighted by atomic mass is 16.5. The monoisotopic (exact) mass is 278 g/mol. The molecule has 1 rings (SSSR count). The average molecular weight is 278 g/mol. The van der Waals surface area contributed by atoms with Crippen LogP contribution in [0.3, 0.4) is 0 Å². The van der Waals surface area contributed by atoms with Gasteiger partial charge in [0.2, 0.25) is 5.91 Å². The molecule has 1 aromatic rings. The van der Waals surface area contributed by atoms with Crippen molar-refractivity contribution in [3.63, 3.8) is 0 Å². The molecule has 0 aliphatic rings. The summed E-state index contributed by atoms with van der Waals surface area (Å²) in [6.45, 7) is 5.76. The summed E-state index contributed by atoms with van der Waals surface area (Å²) in [5.74, 6) is 1.23. The second kappa shape index (κ2) is 8.59. The largest absolute Gasteiger partial charge is 0.491 e. The minimum Gasteiger partial charge on any atom is -0.491 e. The third-order valence-corrected chi connectivity index (χ3v) is 2.74. The second-order valence-corrected chi connectivity index (χ2v) is 5.66. The first-order valence-electron chi connectivity index (χ1n) is 7.15. The summed E-state index contributed by atoms with van der Waals surface area (Å²) in [5.41, 5.74) is 0.753. The Morgan fingerprint density at radius 2 is 2.00 bits per heavy atom. The third-order valence-electron chi connectivity index (χ3n) is 2.74. The highest BCUT2D eigenvalue weighted by molar-refractivity contribution is 5.92. The van der Waals surface area contributed by atoms with Gasteiger partial charge in [-0.25, -0.2) is 0 Å². The van der Waals surface area contributed by atoms with E-state index in [-0.39, 0.29) is 5.91 Å². The van der Waals surface area contributed by atoms with Crippen molar-refractivity contribution in [2.24, 2.45) is 5.92 Å². The molecule has 0 fully saturated rings. The molecule has 0 atom stereocenters. The lowest BCUT2D eigenvalue weighted by atomic mass is 10.2. The molecular weight excluding hydrogens is 252 g/mol. The Morgan fingerprint density at radius 3 is 2.65 bits per heavy atom. The molecule has 0 radical (unpaired) electrons. The van der Waals surface area contributed by atoms with E-state index < -0.39 is 0 Å². The number of carbonyl (C=O) groups excluding carboxylic acids is 1. The number of hydrogen-bond acceptors (Lipinski definition) is 3. The van der Waals surface area contributed by atoms with Gasteiger partial charge < -0.3 is 15.0 Å². The van der Waals surface area contributed by atoms with Crippen molar-refractivity contribution < 1.29 is 9.53 Å². The van der Waals surface area contributed by atoms with Crippen molar-refractivity contribution in [2.75, 3.05) is 32.6 Å². The van der Waals surface area contributed by atoms with Crippen molar-refractivity contribution in [3.05, 3.63) is 24.3 Å². The number of hydrogen-bond donors (Lipinski definition) is 1. The van der Waals surface area contributed by atoms with E-state index in [1.807, 2.05) is 38.4 Å². The summed E-state index contributed by atoms with van der Waals surface area (Å²) in [6, 6.07) is 7.58. The van der Waals surface area contributed by atoms with Crippen LogP contribution in [0.1, 0.15) is 26.7 Å². The average Bonchev–Trinajstić information content (AvgIpc) is 2.37. The molecule has 20 heavy (non-hydrogen) atoms. The van der Waals surface area contributed by atoms with E-state index in [9.17, 15) is 4.79 Å². The zero-order valence-corrected chi connectivity index (χ0v) is 13.0. The van der Waals surface area contributed by atoms with Gasteiger partial charge in [-0.05, 0) is 45.1 Å². The quantitative estimate of drug-likeness (QED) is 0.795. The molecule has 1 amide bonds. The van der Waals surface area contributed by atoms with Crippen molar-refractivity contribution in [2.45, 2.75) is 26.7 Å². The number of ether oxygens (including phenoxy) is 1. The van der Waals surface area contributed by atoms with Crippen molar-refractivity contribution in [3.8, 4) is 5.75 Å². The van der Waals surface area contributed by atoms with Gasteiger partial charge in [0.1, 0.15) is 5.75 Å². The van der Waals surface area contributed by atoms with E-state index in [1.165, 1.54) is 0 Å². The van der Waals surface area contributed by atoms with E-state index in [0.29, 0.717) is 18.9 Å². The molecule has 0 unspecified atom stereocenters. The van der Waals surface area contributed by atoms with Gasteiger partial charge >= 0.3 is 0 Å². The van der Waals surface area contributed by atoms with Gasteiger partial charge in [-0.2, -0.15) is 0 Å². The minimum atomic E-state index is 0.0347. The van der Waals surface area contributed by atoms with Gasteiger partial charge in [0, 0.05) is 6.42 Å². The fourth-order valence-electron chi connectivity index (χ4n) is 1.72. The van der Waals surface area contributed by atoms with E-state index >= 15 is 0 Å². The minimum absolute atomic E-state index is 0.0347. The molecule has 0 saturated carbocycles. The van der Waals surface area contributed by atoms with E-state index in [2.05, 4.69) is 24.1 Å². The lowest BCUT2D eigenvalue weighted by molar-refractivity contribution is -0.116. The van der Waals surface area contributed by atoms with E-state index in [1.54, 1.807) is 0 Å². The Kier molecular flexibility index (Phi) is 7.09.